The summed E-state index contributed by atoms with van der Waals surface area (Å²) in [6, 6.07) is 15.5. The first-order valence-electron chi connectivity index (χ1n) is 7.23. The van der Waals surface area contributed by atoms with Crippen molar-refractivity contribution in [3.05, 3.63) is 53.6 Å². The zero-order valence-corrected chi connectivity index (χ0v) is 14.7. The molecule has 0 bridgehead atoms. The van der Waals surface area contributed by atoms with E-state index in [4.69, 9.17) is 31.1 Å². The Morgan fingerprint density at radius 1 is 1.21 bits per heavy atom. The summed E-state index contributed by atoms with van der Waals surface area (Å²) < 4.78 is 26.8. The van der Waals surface area contributed by atoms with Crippen molar-refractivity contribution in [2.45, 2.75) is 13.0 Å². The molecular formula is C18H17ClO4S. The van der Waals surface area contributed by atoms with Gasteiger partial charge in [0.25, 0.3) is 0 Å². The van der Waals surface area contributed by atoms with Crippen molar-refractivity contribution < 1.29 is 17.3 Å². The molecule has 0 saturated heterocycles. The van der Waals surface area contributed by atoms with E-state index in [9.17, 15) is 4.21 Å². The lowest BCUT2D eigenvalue weighted by Gasteiger charge is -2.14. The average Bonchev–Trinajstić information content (AvgIpc) is 2.59. The third kappa shape index (κ3) is 5.66. The highest BCUT2D eigenvalue weighted by Crippen LogP contribution is 2.30. The summed E-state index contributed by atoms with van der Waals surface area (Å²) in [7, 11) is 0. The fourth-order valence-corrected chi connectivity index (χ4v) is 2.69. The molecule has 0 saturated carbocycles. The van der Waals surface area contributed by atoms with Crippen LogP contribution in [0.25, 0.3) is 11.1 Å². The maximum absolute atomic E-state index is 11.4. The van der Waals surface area contributed by atoms with Crippen LogP contribution in [0.2, 0.25) is 5.02 Å². The SMILES string of the molecule is C#CCOS(=O)OC(C)COc1ccc(-c2ccccc2)cc1Cl. The minimum Gasteiger partial charge on any atom is -0.489 e. The highest BCUT2D eigenvalue weighted by molar-refractivity contribution is 7.75. The van der Waals surface area contributed by atoms with Crippen LogP contribution in [-0.4, -0.2) is 23.5 Å². The van der Waals surface area contributed by atoms with Gasteiger partial charge in [-0.3, -0.25) is 8.37 Å². The molecule has 0 amide bonds. The quantitative estimate of drug-likeness (QED) is 0.664. The number of halogens is 1. The molecular weight excluding hydrogens is 348 g/mol. The predicted molar refractivity (Wildman–Crippen MR) is 95.9 cm³/mol. The molecule has 0 aliphatic heterocycles. The normalized spacial score (nSPS) is 13.0. The number of ether oxygens (including phenoxy) is 1. The van der Waals surface area contributed by atoms with Gasteiger partial charge in [-0.1, -0.05) is 53.9 Å². The third-order valence-corrected chi connectivity index (χ3v) is 4.09. The summed E-state index contributed by atoms with van der Waals surface area (Å²) in [5, 5.41) is 0.494. The van der Waals surface area contributed by atoms with Crippen LogP contribution in [0.1, 0.15) is 6.92 Å². The molecule has 2 aromatic carbocycles. The van der Waals surface area contributed by atoms with Crippen molar-refractivity contribution in [3.8, 4) is 29.2 Å². The van der Waals surface area contributed by atoms with Crippen molar-refractivity contribution in [3.63, 3.8) is 0 Å². The topological polar surface area (TPSA) is 44.8 Å². The molecule has 0 aliphatic rings. The summed E-state index contributed by atoms with van der Waals surface area (Å²) in [5.41, 5.74) is 2.07. The van der Waals surface area contributed by atoms with Crippen molar-refractivity contribution >= 4 is 23.0 Å². The van der Waals surface area contributed by atoms with Gasteiger partial charge >= 0.3 is 11.4 Å². The first-order valence-corrected chi connectivity index (χ1v) is 8.61. The van der Waals surface area contributed by atoms with Crippen LogP contribution in [0.3, 0.4) is 0 Å². The Labute approximate surface area is 149 Å². The van der Waals surface area contributed by atoms with Gasteiger partial charge in [-0.15, -0.1) is 6.42 Å². The lowest BCUT2D eigenvalue weighted by molar-refractivity contribution is 0.139. The molecule has 126 valence electrons. The lowest BCUT2D eigenvalue weighted by Crippen LogP contribution is -2.20. The van der Waals surface area contributed by atoms with E-state index in [-0.39, 0.29) is 13.2 Å². The summed E-state index contributed by atoms with van der Waals surface area (Å²) in [6.45, 7) is 1.81. The van der Waals surface area contributed by atoms with Crippen LogP contribution >= 0.6 is 11.6 Å². The van der Waals surface area contributed by atoms with E-state index in [1.54, 1.807) is 13.0 Å². The maximum atomic E-state index is 11.4. The van der Waals surface area contributed by atoms with Gasteiger partial charge in [-0.05, 0) is 30.2 Å². The van der Waals surface area contributed by atoms with E-state index in [2.05, 4.69) is 5.92 Å². The first kappa shape index (κ1) is 18.5. The number of terminal acetylenes is 1. The first-order chi connectivity index (χ1) is 11.6. The van der Waals surface area contributed by atoms with E-state index < -0.39 is 17.5 Å². The van der Waals surface area contributed by atoms with E-state index in [0.29, 0.717) is 10.8 Å². The van der Waals surface area contributed by atoms with Crippen LogP contribution in [0, 0.1) is 12.3 Å². The molecule has 24 heavy (non-hydrogen) atoms. The maximum Gasteiger partial charge on any atom is 0.305 e. The molecule has 2 atom stereocenters. The van der Waals surface area contributed by atoms with Crippen molar-refractivity contribution in [2.75, 3.05) is 13.2 Å². The van der Waals surface area contributed by atoms with Crippen LogP contribution in [0.5, 0.6) is 5.75 Å². The zero-order chi connectivity index (χ0) is 17.4. The molecule has 4 nitrogen and oxygen atoms in total. The van der Waals surface area contributed by atoms with Crippen LogP contribution in [-0.2, 0) is 19.7 Å². The second kappa shape index (κ2) is 9.45. The van der Waals surface area contributed by atoms with Crippen LogP contribution in [0.15, 0.2) is 48.5 Å². The summed E-state index contributed by atoms with van der Waals surface area (Å²) in [6.07, 6.45) is 4.56. The van der Waals surface area contributed by atoms with E-state index in [1.807, 2.05) is 42.5 Å². The number of rotatable bonds is 8. The van der Waals surface area contributed by atoms with Gasteiger partial charge in [0.05, 0.1) is 5.02 Å². The highest BCUT2D eigenvalue weighted by atomic mass is 35.5. The minimum absolute atomic E-state index is 0.0764. The number of benzene rings is 2. The van der Waals surface area contributed by atoms with Gasteiger partial charge in [0.2, 0.25) is 0 Å². The van der Waals surface area contributed by atoms with Gasteiger partial charge in [0, 0.05) is 0 Å². The second-order valence-corrected chi connectivity index (χ2v) is 6.14. The summed E-state index contributed by atoms with van der Waals surface area (Å²) in [5.74, 6) is 2.74. The van der Waals surface area contributed by atoms with Gasteiger partial charge in [0.15, 0.2) is 0 Å². The molecule has 2 aromatic rings. The van der Waals surface area contributed by atoms with Crippen molar-refractivity contribution in [2.24, 2.45) is 0 Å². The van der Waals surface area contributed by atoms with Gasteiger partial charge in [-0.2, -0.15) is 4.21 Å². The zero-order valence-electron chi connectivity index (χ0n) is 13.1. The monoisotopic (exact) mass is 364 g/mol. The molecule has 0 N–H and O–H groups in total. The van der Waals surface area contributed by atoms with E-state index in [0.717, 1.165) is 11.1 Å². The Morgan fingerprint density at radius 3 is 2.62 bits per heavy atom. The average molecular weight is 365 g/mol. The molecule has 0 aliphatic carbocycles. The Bertz CT molecular complexity index is 728. The number of hydrogen-bond acceptors (Lipinski definition) is 4. The fourth-order valence-electron chi connectivity index (χ4n) is 1.91. The largest absolute Gasteiger partial charge is 0.489 e. The predicted octanol–water partition coefficient (Wildman–Crippen LogP) is 4.02. The van der Waals surface area contributed by atoms with Crippen molar-refractivity contribution in [1.82, 2.24) is 0 Å². The minimum atomic E-state index is -1.90. The van der Waals surface area contributed by atoms with Crippen LogP contribution < -0.4 is 4.74 Å². The molecule has 2 unspecified atom stereocenters. The Hall–Kier alpha value is -1.84. The van der Waals surface area contributed by atoms with Gasteiger partial charge < -0.3 is 4.74 Å². The third-order valence-electron chi connectivity index (χ3n) is 2.99. The van der Waals surface area contributed by atoms with Crippen molar-refractivity contribution in [1.29, 1.82) is 0 Å². The molecule has 0 spiro atoms. The Kier molecular flexibility index (Phi) is 7.29. The number of hydrogen-bond donors (Lipinski definition) is 0. The smallest absolute Gasteiger partial charge is 0.305 e. The summed E-state index contributed by atoms with van der Waals surface area (Å²) >= 11 is 4.37. The standard InChI is InChI=1S/C18H17ClO4S/c1-3-11-22-24(20)23-14(2)13-21-18-10-9-16(12-17(18)19)15-7-5-4-6-8-15/h1,4-10,12,14H,11,13H2,2H3. The second-order valence-electron chi connectivity index (χ2n) is 4.90. The van der Waals surface area contributed by atoms with E-state index in [1.165, 1.54) is 0 Å². The molecule has 2 rings (SSSR count). The molecule has 0 aromatic heterocycles. The molecule has 6 heteroatoms. The highest BCUT2D eigenvalue weighted by Gasteiger charge is 2.11. The fraction of sp³-hybridized carbons (Fsp3) is 0.222. The van der Waals surface area contributed by atoms with E-state index >= 15 is 0 Å². The van der Waals surface area contributed by atoms with Gasteiger partial charge in [-0.25, -0.2) is 0 Å². The van der Waals surface area contributed by atoms with Crippen LogP contribution in [0.4, 0.5) is 0 Å². The Morgan fingerprint density at radius 2 is 1.96 bits per heavy atom. The Balaban J connectivity index is 1.91. The summed E-state index contributed by atoms with van der Waals surface area (Å²) in [4.78, 5) is 0. The molecule has 0 heterocycles. The molecule has 0 radical (unpaired) electrons. The molecule has 0 fully saturated rings. The van der Waals surface area contributed by atoms with Gasteiger partial charge in [0.1, 0.15) is 25.1 Å². The lowest BCUT2D eigenvalue weighted by atomic mass is 10.1.